The normalized spacial score (nSPS) is 17.5. The summed E-state index contributed by atoms with van der Waals surface area (Å²) in [6, 6.07) is 12.4. The van der Waals surface area contributed by atoms with Crippen molar-refractivity contribution in [3.8, 4) is 0 Å². The molecule has 104 valence electrons. The van der Waals surface area contributed by atoms with Crippen LogP contribution in [0.1, 0.15) is 54.9 Å². The highest BCUT2D eigenvalue weighted by atomic mass is 16.1. The van der Waals surface area contributed by atoms with Crippen molar-refractivity contribution in [2.75, 3.05) is 0 Å². The van der Waals surface area contributed by atoms with Gasteiger partial charge in [-0.05, 0) is 42.5 Å². The van der Waals surface area contributed by atoms with E-state index in [4.69, 9.17) is 0 Å². The first-order chi connectivity index (χ1) is 9.68. The average Bonchev–Trinajstić information content (AvgIpc) is 2.97. The second kappa shape index (κ2) is 5.05. The number of benzene rings is 2. The average molecular weight is 266 g/mol. The summed E-state index contributed by atoms with van der Waals surface area (Å²) in [6.07, 6.45) is 5.48. The molecule has 0 saturated heterocycles. The molecular formula is C19H22O. The summed E-state index contributed by atoms with van der Waals surface area (Å²) in [7, 11) is 0. The van der Waals surface area contributed by atoms with Crippen LogP contribution in [-0.2, 0) is 0 Å². The van der Waals surface area contributed by atoms with E-state index in [1.807, 2.05) is 12.1 Å². The molecule has 0 bridgehead atoms. The summed E-state index contributed by atoms with van der Waals surface area (Å²) in [4.78, 5) is 13.1. The van der Waals surface area contributed by atoms with Crippen molar-refractivity contribution in [2.45, 2.75) is 46.0 Å². The molecule has 0 N–H and O–H groups in total. The van der Waals surface area contributed by atoms with E-state index >= 15 is 0 Å². The molecule has 1 nitrogen and oxygen atoms in total. The zero-order valence-corrected chi connectivity index (χ0v) is 12.4. The Balaban J connectivity index is 2.15. The Morgan fingerprint density at radius 3 is 2.35 bits per heavy atom. The predicted octanol–water partition coefficient (Wildman–Crippen LogP) is 5.30. The third kappa shape index (κ3) is 1.96. The molecule has 1 heteroatoms. The Labute approximate surface area is 121 Å². The summed E-state index contributed by atoms with van der Waals surface area (Å²) in [5.74, 6) is 0.369. The van der Waals surface area contributed by atoms with Crippen LogP contribution in [0.4, 0.5) is 0 Å². The zero-order chi connectivity index (χ0) is 14.2. The van der Waals surface area contributed by atoms with Gasteiger partial charge in [0.15, 0.2) is 5.78 Å². The van der Waals surface area contributed by atoms with E-state index in [1.54, 1.807) is 0 Å². The van der Waals surface area contributed by atoms with Crippen molar-refractivity contribution in [3.05, 3.63) is 47.5 Å². The maximum atomic E-state index is 13.1. The summed E-state index contributed by atoms with van der Waals surface area (Å²) in [5.41, 5.74) is 2.07. The van der Waals surface area contributed by atoms with Crippen molar-refractivity contribution in [2.24, 2.45) is 5.41 Å². The fraction of sp³-hybridized carbons (Fsp3) is 0.421. The van der Waals surface area contributed by atoms with Crippen molar-refractivity contribution < 1.29 is 4.79 Å². The quantitative estimate of drug-likeness (QED) is 0.689. The first-order valence-electron chi connectivity index (χ1n) is 7.71. The van der Waals surface area contributed by atoms with Crippen molar-refractivity contribution in [1.82, 2.24) is 0 Å². The molecule has 0 aromatic heterocycles. The van der Waals surface area contributed by atoms with Crippen LogP contribution in [0.2, 0.25) is 0 Å². The van der Waals surface area contributed by atoms with E-state index in [-0.39, 0.29) is 5.41 Å². The number of ketones is 1. The third-order valence-corrected chi connectivity index (χ3v) is 5.11. The van der Waals surface area contributed by atoms with E-state index in [1.165, 1.54) is 23.8 Å². The molecule has 0 radical (unpaired) electrons. The Morgan fingerprint density at radius 1 is 1.05 bits per heavy atom. The summed E-state index contributed by atoms with van der Waals surface area (Å²) >= 11 is 0. The Hall–Kier alpha value is -1.63. The van der Waals surface area contributed by atoms with Gasteiger partial charge in [-0.1, -0.05) is 56.2 Å². The van der Waals surface area contributed by atoms with Crippen LogP contribution in [0.5, 0.6) is 0 Å². The summed E-state index contributed by atoms with van der Waals surface area (Å²) < 4.78 is 0. The van der Waals surface area contributed by atoms with Crippen LogP contribution in [0, 0.1) is 12.3 Å². The maximum absolute atomic E-state index is 13.1. The maximum Gasteiger partial charge on any atom is 0.169 e. The zero-order valence-electron chi connectivity index (χ0n) is 12.4. The molecule has 1 aliphatic rings. The van der Waals surface area contributed by atoms with Gasteiger partial charge in [-0.25, -0.2) is 0 Å². The molecule has 2 aromatic carbocycles. The molecule has 2 aromatic rings. The van der Waals surface area contributed by atoms with Gasteiger partial charge in [0.25, 0.3) is 0 Å². The van der Waals surface area contributed by atoms with Crippen LogP contribution >= 0.6 is 0 Å². The number of Topliss-reactive ketones (excluding diaryl/α,β-unsaturated/α-hetero) is 1. The molecule has 20 heavy (non-hydrogen) atoms. The number of carbonyl (C=O) groups excluding carboxylic acids is 1. The highest BCUT2D eigenvalue weighted by Gasteiger charge is 2.40. The molecule has 3 rings (SSSR count). The van der Waals surface area contributed by atoms with Gasteiger partial charge in [-0.3, -0.25) is 4.79 Å². The molecular weight excluding hydrogens is 244 g/mol. The lowest BCUT2D eigenvalue weighted by atomic mass is 9.75. The Kier molecular flexibility index (Phi) is 3.37. The molecule has 0 heterocycles. The minimum atomic E-state index is -0.0992. The van der Waals surface area contributed by atoms with Crippen molar-refractivity contribution >= 4 is 16.6 Å². The van der Waals surface area contributed by atoms with Gasteiger partial charge in [0, 0.05) is 11.0 Å². The number of carbonyl (C=O) groups is 1. The number of fused-ring (bicyclic) bond motifs is 1. The second-order valence-electron chi connectivity index (χ2n) is 6.15. The SMILES string of the molecule is CCC1(C(=O)c2ccc(C)c3ccccc23)CCCC1. The Bertz CT molecular complexity index is 648. The van der Waals surface area contributed by atoms with Gasteiger partial charge in [0.1, 0.15) is 0 Å². The van der Waals surface area contributed by atoms with Crippen LogP contribution in [0.15, 0.2) is 36.4 Å². The van der Waals surface area contributed by atoms with Gasteiger partial charge < -0.3 is 0 Å². The predicted molar refractivity (Wildman–Crippen MR) is 84.2 cm³/mol. The smallest absolute Gasteiger partial charge is 0.169 e. The van der Waals surface area contributed by atoms with Crippen LogP contribution in [-0.4, -0.2) is 5.78 Å². The largest absolute Gasteiger partial charge is 0.294 e. The summed E-state index contributed by atoms with van der Waals surface area (Å²) in [6.45, 7) is 4.28. The van der Waals surface area contributed by atoms with Gasteiger partial charge in [0.2, 0.25) is 0 Å². The van der Waals surface area contributed by atoms with E-state index < -0.39 is 0 Å². The molecule has 1 fully saturated rings. The fourth-order valence-electron chi connectivity index (χ4n) is 3.73. The number of rotatable bonds is 3. The minimum Gasteiger partial charge on any atom is -0.294 e. The fourth-order valence-corrected chi connectivity index (χ4v) is 3.73. The number of hydrogen-bond donors (Lipinski definition) is 0. The first-order valence-corrected chi connectivity index (χ1v) is 7.71. The van der Waals surface area contributed by atoms with Crippen LogP contribution < -0.4 is 0 Å². The minimum absolute atomic E-state index is 0.0992. The molecule has 1 aliphatic carbocycles. The standard InChI is InChI=1S/C19H22O/c1-3-19(12-6-7-13-19)18(20)17-11-10-14(2)15-8-4-5-9-16(15)17/h4-5,8-11H,3,6-7,12-13H2,1-2H3. The van der Waals surface area contributed by atoms with E-state index in [2.05, 4.69) is 38.1 Å². The first kappa shape index (κ1) is 13.4. The monoisotopic (exact) mass is 266 g/mol. The van der Waals surface area contributed by atoms with Crippen molar-refractivity contribution in [1.29, 1.82) is 0 Å². The molecule has 0 aliphatic heterocycles. The third-order valence-electron chi connectivity index (χ3n) is 5.11. The van der Waals surface area contributed by atoms with E-state index in [0.717, 1.165) is 30.2 Å². The lowest BCUT2D eigenvalue weighted by molar-refractivity contribution is 0.0793. The van der Waals surface area contributed by atoms with Gasteiger partial charge in [0.05, 0.1) is 0 Å². The van der Waals surface area contributed by atoms with Crippen LogP contribution in [0.3, 0.4) is 0 Å². The van der Waals surface area contributed by atoms with Crippen molar-refractivity contribution in [3.63, 3.8) is 0 Å². The molecule has 0 amide bonds. The lowest BCUT2D eigenvalue weighted by Gasteiger charge is -2.26. The van der Waals surface area contributed by atoms with Gasteiger partial charge >= 0.3 is 0 Å². The Morgan fingerprint density at radius 2 is 1.70 bits per heavy atom. The van der Waals surface area contributed by atoms with Crippen LogP contribution in [0.25, 0.3) is 10.8 Å². The van der Waals surface area contributed by atoms with Gasteiger partial charge in [-0.15, -0.1) is 0 Å². The number of aryl methyl sites for hydroxylation is 1. The molecule has 0 unspecified atom stereocenters. The highest BCUT2D eigenvalue weighted by Crippen LogP contribution is 2.44. The molecule has 0 spiro atoms. The summed E-state index contributed by atoms with van der Waals surface area (Å²) in [5, 5.41) is 2.33. The lowest BCUT2D eigenvalue weighted by Crippen LogP contribution is -2.27. The topological polar surface area (TPSA) is 17.1 Å². The van der Waals surface area contributed by atoms with E-state index in [0.29, 0.717) is 5.78 Å². The highest BCUT2D eigenvalue weighted by molar-refractivity contribution is 6.11. The second-order valence-corrected chi connectivity index (χ2v) is 6.15. The molecule has 0 atom stereocenters. The van der Waals surface area contributed by atoms with Gasteiger partial charge in [-0.2, -0.15) is 0 Å². The molecule has 1 saturated carbocycles. The number of hydrogen-bond acceptors (Lipinski definition) is 1. The van der Waals surface area contributed by atoms with E-state index in [9.17, 15) is 4.79 Å².